The minimum absolute atomic E-state index is 0.203. The van der Waals surface area contributed by atoms with Gasteiger partial charge in [-0.2, -0.15) is 0 Å². The first-order valence-corrected chi connectivity index (χ1v) is 4.88. The van der Waals surface area contributed by atoms with Gasteiger partial charge in [0.25, 0.3) is 0 Å². The number of anilines is 1. The molecule has 0 radical (unpaired) electrons. The molecule has 0 aliphatic carbocycles. The van der Waals surface area contributed by atoms with Crippen molar-refractivity contribution >= 4 is 17.3 Å². The van der Waals surface area contributed by atoms with Crippen molar-refractivity contribution in [1.82, 2.24) is 0 Å². The zero-order chi connectivity index (χ0) is 9.68. The molecule has 0 heterocycles. The van der Waals surface area contributed by atoms with Gasteiger partial charge in [-0.15, -0.1) is 11.6 Å². The van der Waals surface area contributed by atoms with E-state index in [1.165, 1.54) is 12.1 Å². The maximum absolute atomic E-state index is 12.6. The van der Waals surface area contributed by atoms with Crippen molar-refractivity contribution in [2.45, 2.75) is 6.92 Å². The first kappa shape index (κ1) is 10.3. The average Bonchev–Trinajstić information content (AvgIpc) is 2.16. The summed E-state index contributed by atoms with van der Waals surface area (Å²) in [5, 5.41) is 0. The Morgan fingerprint density at radius 1 is 1.31 bits per heavy atom. The van der Waals surface area contributed by atoms with Gasteiger partial charge in [0, 0.05) is 24.7 Å². The Labute approximate surface area is 83.1 Å². The van der Waals surface area contributed by atoms with E-state index in [0.29, 0.717) is 5.88 Å². The second-order valence-corrected chi connectivity index (χ2v) is 3.12. The van der Waals surface area contributed by atoms with E-state index in [4.69, 9.17) is 11.6 Å². The first-order valence-electron chi connectivity index (χ1n) is 4.34. The highest BCUT2D eigenvalue weighted by Crippen LogP contribution is 2.14. The van der Waals surface area contributed by atoms with Gasteiger partial charge in [0.2, 0.25) is 0 Å². The summed E-state index contributed by atoms with van der Waals surface area (Å²) in [4.78, 5) is 2.10. The van der Waals surface area contributed by atoms with Crippen molar-refractivity contribution in [3.8, 4) is 0 Å². The van der Waals surface area contributed by atoms with Gasteiger partial charge in [0.1, 0.15) is 5.82 Å². The van der Waals surface area contributed by atoms with Gasteiger partial charge >= 0.3 is 0 Å². The second-order valence-electron chi connectivity index (χ2n) is 2.75. The van der Waals surface area contributed by atoms with Crippen LogP contribution >= 0.6 is 11.6 Å². The standard InChI is InChI=1S/C10H13ClFN/c1-2-13(8-7-11)10-5-3-9(12)4-6-10/h3-6H,2,7-8H2,1H3. The Bertz CT molecular complexity index is 248. The maximum Gasteiger partial charge on any atom is 0.123 e. The molecular formula is C10H13ClFN. The zero-order valence-corrected chi connectivity index (χ0v) is 8.39. The molecule has 1 aromatic carbocycles. The number of hydrogen-bond donors (Lipinski definition) is 0. The summed E-state index contributed by atoms with van der Waals surface area (Å²) < 4.78 is 12.6. The molecule has 0 atom stereocenters. The highest BCUT2D eigenvalue weighted by molar-refractivity contribution is 6.18. The highest BCUT2D eigenvalue weighted by Gasteiger charge is 2.02. The fourth-order valence-corrected chi connectivity index (χ4v) is 1.43. The van der Waals surface area contributed by atoms with Crippen LogP contribution in [0.1, 0.15) is 6.92 Å². The minimum atomic E-state index is -0.203. The lowest BCUT2D eigenvalue weighted by Gasteiger charge is -2.21. The molecule has 0 aliphatic heterocycles. The van der Waals surface area contributed by atoms with Crippen molar-refractivity contribution < 1.29 is 4.39 Å². The average molecular weight is 202 g/mol. The predicted molar refractivity (Wildman–Crippen MR) is 55.0 cm³/mol. The van der Waals surface area contributed by atoms with Crippen LogP contribution < -0.4 is 4.90 Å². The molecule has 1 aromatic rings. The molecule has 1 rings (SSSR count). The number of rotatable bonds is 4. The topological polar surface area (TPSA) is 3.24 Å². The van der Waals surface area contributed by atoms with Gasteiger partial charge in [-0.3, -0.25) is 0 Å². The third-order valence-corrected chi connectivity index (χ3v) is 2.10. The lowest BCUT2D eigenvalue weighted by atomic mass is 10.3. The Morgan fingerprint density at radius 3 is 2.38 bits per heavy atom. The van der Waals surface area contributed by atoms with Crippen molar-refractivity contribution in [3.05, 3.63) is 30.1 Å². The van der Waals surface area contributed by atoms with E-state index < -0.39 is 0 Å². The van der Waals surface area contributed by atoms with Gasteiger partial charge in [0.05, 0.1) is 0 Å². The van der Waals surface area contributed by atoms with Crippen LogP contribution in [0.3, 0.4) is 0 Å². The normalized spacial score (nSPS) is 10.1. The van der Waals surface area contributed by atoms with E-state index >= 15 is 0 Å². The van der Waals surface area contributed by atoms with E-state index in [9.17, 15) is 4.39 Å². The number of alkyl halides is 1. The lowest BCUT2D eigenvalue weighted by molar-refractivity contribution is 0.627. The highest BCUT2D eigenvalue weighted by atomic mass is 35.5. The molecule has 0 bridgehead atoms. The van der Waals surface area contributed by atoms with E-state index in [1.54, 1.807) is 12.1 Å². The molecule has 0 fully saturated rings. The fraction of sp³-hybridized carbons (Fsp3) is 0.400. The Kier molecular flexibility index (Phi) is 4.03. The lowest BCUT2D eigenvalue weighted by Crippen LogP contribution is -2.24. The van der Waals surface area contributed by atoms with E-state index in [-0.39, 0.29) is 5.82 Å². The molecule has 0 aromatic heterocycles. The SMILES string of the molecule is CCN(CCCl)c1ccc(F)cc1. The third-order valence-electron chi connectivity index (χ3n) is 1.93. The summed E-state index contributed by atoms with van der Waals surface area (Å²) in [5.41, 5.74) is 1.02. The summed E-state index contributed by atoms with van der Waals surface area (Å²) >= 11 is 5.64. The van der Waals surface area contributed by atoms with Crippen LogP contribution in [0.25, 0.3) is 0 Å². The summed E-state index contributed by atoms with van der Waals surface area (Å²) in [6.07, 6.45) is 0. The van der Waals surface area contributed by atoms with Crippen LogP contribution in [0.15, 0.2) is 24.3 Å². The smallest absolute Gasteiger partial charge is 0.123 e. The number of nitrogens with zero attached hydrogens (tertiary/aromatic N) is 1. The summed E-state index contributed by atoms with van der Waals surface area (Å²) in [5.74, 6) is 0.385. The van der Waals surface area contributed by atoms with Crippen molar-refractivity contribution in [2.24, 2.45) is 0 Å². The first-order chi connectivity index (χ1) is 6.27. The van der Waals surface area contributed by atoms with Crippen LogP contribution in [-0.2, 0) is 0 Å². The Hall–Kier alpha value is -0.760. The molecule has 0 saturated carbocycles. The van der Waals surface area contributed by atoms with Gasteiger partial charge in [0.15, 0.2) is 0 Å². The summed E-state index contributed by atoms with van der Waals surface area (Å²) in [7, 11) is 0. The Morgan fingerprint density at radius 2 is 1.92 bits per heavy atom. The molecule has 0 aliphatic rings. The molecule has 3 heteroatoms. The van der Waals surface area contributed by atoms with E-state index in [0.717, 1.165) is 18.8 Å². The van der Waals surface area contributed by atoms with Gasteiger partial charge in [-0.1, -0.05) is 0 Å². The second kappa shape index (κ2) is 5.07. The van der Waals surface area contributed by atoms with Crippen molar-refractivity contribution in [1.29, 1.82) is 0 Å². The molecule has 72 valence electrons. The van der Waals surface area contributed by atoms with Crippen LogP contribution in [0, 0.1) is 5.82 Å². The molecular weight excluding hydrogens is 189 g/mol. The van der Waals surface area contributed by atoms with Crippen LogP contribution in [-0.4, -0.2) is 19.0 Å². The number of halogens is 2. The number of hydrogen-bond acceptors (Lipinski definition) is 1. The molecule has 13 heavy (non-hydrogen) atoms. The van der Waals surface area contributed by atoms with E-state index in [2.05, 4.69) is 11.8 Å². The molecule has 0 saturated heterocycles. The van der Waals surface area contributed by atoms with Crippen LogP contribution in [0.4, 0.5) is 10.1 Å². The molecule has 0 N–H and O–H groups in total. The molecule has 0 spiro atoms. The molecule has 1 nitrogen and oxygen atoms in total. The predicted octanol–water partition coefficient (Wildman–Crippen LogP) is 2.89. The third kappa shape index (κ3) is 2.88. The van der Waals surface area contributed by atoms with Crippen LogP contribution in [0.5, 0.6) is 0 Å². The summed E-state index contributed by atoms with van der Waals surface area (Å²) in [6.45, 7) is 3.73. The Balaban J connectivity index is 2.73. The van der Waals surface area contributed by atoms with Crippen molar-refractivity contribution in [2.75, 3.05) is 23.9 Å². The van der Waals surface area contributed by atoms with Gasteiger partial charge in [-0.25, -0.2) is 4.39 Å². The van der Waals surface area contributed by atoms with Gasteiger partial charge in [-0.05, 0) is 31.2 Å². The number of benzene rings is 1. The maximum atomic E-state index is 12.6. The largest absolute Gasteiger partial charge is 0.371 e. The minimum Gasteiger partial charge on any atom is -0.371 e. The monoisotopic (exact) mass is 201 g/mol. The quantitative estimate of drug-likeness (QED) is 0.678. The van der Waals surface area contributed by atoms with E-state index in [1.807, 2.05) is 0 Å². The zero-order valence-electron chi connectivity index (χ0n) is 7.63. The van der Waals surface area contributed by atoms with Crippen molar-refractivity contribution in [3.63, 3.8) is 0 Å². The molecule has 0 amide bonds. The molecule has 0 unspecified atom stereocenters. The fourth-order valence-electron chi connectivity index (χ4n) is 1.22. The summed E-state index contributed by atoms with van der Waals surface area (Å²) in [6, 6.07) is 6.47. The van der Waals surface area contributed by atoms with Gasteiger partial charge < -0.3 is 4.90 Å². The van der Waals surface area contributed by atoms with Crippen LogP contribution in [0.2, 0.25) is 0 Å².